The normalized spacial score (nSPS) is 11.1. The number of hydrogen-bond acceptors (Lipinski definition) is 1. The Labute approximate surface area is 120 Å². The molecule has 0 atom stereocenters. The summed E-state index contributed by atoms with van der Waals surface area (Å²) >= 11 is 5.38. The van der Waals surface area contributed by atoms with E-state index < -0.39 is 0 Å². The number of imidazole rings is 1. The van der Waals surface area contributed by atoms with E-state index in [2.05, 4.69) is 47.7 Å². The third-order valence-corrected chi connectivity index (χ3v) is 3.69. The van der Waals surface area contributed by atoms with Crippen molar-refractivity contribution >= 4 is 12.2 Å². The van der Waals surface area contributed by atoms with E-state index >= 15 is 0 Å². The first kappa shape index (κ1) is 14.1. The van der Waals surface area contributed by atoms with Gasteiger partial charge >= 0.3 is 0 Å². The maximum Gasteiger partial charge on any atom is 0.177 e. The van der Waals surface area contributed by atoms with Crippen LogP contribution >= 0.6 is 12.2 Å². The highest BCUT2D eigenvalue weighted by Gasteiger charge is 2.06. The fourth-order valence-corrected chi connectivity index (χ4v) is 2.54. The summed E-state index contributed by atoms with van der Waals surface area (Å²) in [6.07, 6.45) is 5.75. The van der Waals surface area contributed by atoms with Gasteiger partial charge in [-0.2, -0.15) is 0 Å². The second kappa shape index (κ2) is 6.71. The summed E-state index contributed by atoms with van der Waals surface area (Å²) in [6.45, 7) is 5.55. The lowest BCUT2D eigenvalue weighted by molar-refractivity contribution is 0.509. The van der Waals surface area contributed by atoms with E-state index in [-0.39, 0.29) is 0 Å². The van der Waals surface area contributed by atoms with E-state index in [1.165, 1.54) is 30.5 Å². The summed E-state index contributed by atoms with van der Waals surface area (Å²) in [7, 11) is 0. The number of nitrogens with one attached hydrogen (secondary N) is 1. The quantitative estimate of drug-likeness (QED) is 0.578. The molecule has 102 valence electrons. The molecule has 0 aliphatic heterocycles. The Morgan fingerprint density at radius 3 is 2.58 bits per heavy atom. The molecule has 0 amide bonds. The smallest absolute Gasteiger partial charge is 0.177 e. The molecule has 2 aromatic rings. The molecule has 0 aliphatic rings. The van der Waals surface area contributed by atoms with Crippen molar-refractivity contribution in [1.82, 2.24) is 9.55 Å². The van der Waals surface area contributed by atoms with E-state index in [1.54, 1.807) is 0 Å². The minimum atomic E-state index is 0.785. The third kappa shape index (κ3) is 3.80. The highest BCUT2D eigenvalue weighted by Crippen LogP contribution is 2.20. The molecule has 2 rings (SSSR count). The monoisotopic (exact) mass is 274 g/mol. The van der Waals surface area contributed by atoms with Crippen molar-refractivity contribution in [3.63, 3.8) is 0 Å². The number of rotatable bonds is 6. The van der Waals surface area contributed by atoms with Crippen molar-refractivity contribution in [2.45, 2.75) is 39.7 Å². The van der Waals surface area contributed by atoms with Gasteiger partial charge in [-0.1, -0.05) is 57.0 Å². The predicted molar refractivity (Wildman–Crippen MR) is 83.7 cm³/mol. The zero-order valence-corrected chi connectivity index (χ0v) is 12.5. The van der Waals surface area contributed by atoms with E-state index in [0.717, 1.165) is 17.2 Å². The Kier molecular flexibility index (Phi) is 4.97. The van der Waals surface area contributed by atoms with Crippen LogP contribution in [0, 0.1) is 10.7 Å². The molecule has 1 aromatic heterocycles. The lowest BCUT2D eigenvalue weighted by Gasteiger charge is -2.09. The Bertz CT molecular complexity index is 552. The number of aromatic amines is 1. The van der Waals surface area contributed by atoms with Gasteiger partial charge in [0, 0.05) is 12.7 Å². The molecule has 0 saturated heterocycles. The molecule has 0 saturated carbocycles. The first-order chi connectivity index (χ1) is 9.18. The molecule has 1 heterocycles. The van der Waals surface area contributed by atoms with Crippen molar-refractivity contribution in [2.24, 2.45) is 5.92 Å². The third-order valence-electron chi connectivity index (χ3n) is 3.35. The number of aromatic nitrogens is 2. The van der Waals surface area contributed by atoms with E-state index in [0.29, 0.717) is 0 Å². The van der Waals surface area contributed by atoms with Gasteiger partial charge in [0.2, 0.25) is 0 Å². The lowest BCUT2D eigenvalue weighted by Crippen LogP contribution is -2.01. The summed E-state index contributed by atoms with van der Waals surface area (Å²) in [5, 5.41) is 0. The van der Waals surface area contributed by atoms with Crippen LogP contribution in [0.2, 0.25) is 0 Å². The van der Waals surface area contributed by atoms with Crippen LogP contribution in [0.5, 0.6) is 0 Å². The van der Waals surface area contributed by atoms with Gasteiger partial charge in [0.1, 0.15) is 0 Å². The standard InChI is InChI=1S/C16H22N2S/c1-13(2)8-6-7-11-18-15(12-17-16(18)19)14-9-4-3-5-10-14/h3-5,9-10,12-13H,6-8,11H2,1-2H3,(H,17,19). The summed E-state index contributed by atoms with van der Waals surface area (Å²) in [4.78, 5) is 3.16. The van der Waals surface area contributed by atoms with Gasteiger partial charge in [-0.15, -0.1) is 0 Å². The maximum absolute atomic E-state index is 5.38. The molecular weight excluding hydrogens is 252 g/mol. The Morgan fingerprint density at radius 2 is 1.89 bits per heavy atom. The van der Waals surface area contributed by atoms with Crippen LogP contribution in [-0.4, -0.2) is 9.55 Å². The average molecular weight is 274 g/mol. The molecule has 2 nitrogen and oxygen atoms in total. The van der Waals surface area contributed by atoms with Crippen LogP contribution in [0.3, 0.4) is 0 Å². The molecular formula is C16H22N2S. The van der Waals surface area contributed by atoms with Crippen LogP contribution in [0.25, 0.3) is 11.3 Å². The highest BCUT2D eigenvalue weighted by atomic mass is 32.1. The first-order valence-electron chi connectivity index (χ1n) is 7.02. The fourth-order valence-electron chi connectivity index (χ4n) is 2.29. The zero-order chi connectivity index (χ0) is 13.7. The van der Waals surface area contributed by atoms with Crippen LogP contribution in [0.15, 0.2) is 36.5 Å². The first-order valence-corrected chi connectivity index (χ1v) is 7.43. The van der Waals surface area contributed by atoms with Crippen molar-refractivity contribution in [3.8, 4) is 11.3 Å². The van der Waals surface area contributed by atoms with Gasteiger partial charge < -0.3 is 9.55 Å². The van der Waals surface area contributed by atoms with Crippen molar-refractivity contribution in [1.29, 1.82) is 0 Å². The second-order valence-corrected chi connectivity index (χ2v) is 5.77. The molecule has 3 heteroatoms. The molecule has 0 bridgehead atoms. The predicted octanol–water partition coefficient (Wildman–Crippen LogP) is 5.04. The summed E-state index contributed by atoms with van der Waals surface area (Å²) in [6, 6.07) is 10.4. The molecule has 0 fully saturated rings. The van der Waals surface area contributed by atoms with Crippen LogP contribution < -0.4 is 0 Å². The number of H-pyrrole nitrogens is 1. The molecule has 0 spiro atoms. The second-order valence-electron chi connectivity index (χ2n) is 5.39. The van der Waals surface area contributed by atoms with Gasteiger partial charge in [0.25, 0.3) is 0 Å². The molecule has 19 heavy (non-hydrogen) atoms. The number of unbranched alkanes of at least 4 members (excludes halogenated alkanes) is 1. The Balaban J connectivity index is 2.08. The topological polar surface area (TPSA) is 20.7 Å². The average Bonchev–Trinajstić information content (AvgIpc) is 2.77. The van der Waals surface area contributed by atoms with E-state index in [9.17, 15) is 0 Å². The molecule has 0 radical (unpaired) electrons. The van der Waals surface area contributed by atoms with Crippen LogP contribution in [-0.2, 0) is 6.54 Å². The lowest BCUT2D eigenvalue weighted by atomic mass is 10.1. The summed E-state index contributed by atoms with van der Waals surface area (Å²) < 4.78 is 3.04. The SMILES string of the molecule is CC(C)CCCCn1c(-c2ccccc2)c[nH]c1=S. The van der Waals surface area contributed by atoms with Crippen molar-refractivity contribution < 1.29 is 0 Å². The highest BCUT2D eigenvalue weighted by molar-refractivity contribution is 7.71. The minimum Gasteiger partial charge on any atom is -0.337 e. The molecule has 0 unspecified atom stereocenters. The Hall–Kier alpha value is -1.35. The maximum atomic E-state index is 5.38. The van der Waals surface area contributed by atoms with Gasteiger partial charge in [-0.25, -0.2) is 0 Å². The van der Waals surface area contributed by atoms with E-state index in [4.69, 9.17) is 12.2 Å². The van der Waals surface area contributed by atoms with Gasteiger partial charge in [-0.05, 0) is 30.1 Å². The minimum absolute atomic E-state index is 0.785. The van der Waals surface area contributed by atoms with Crippen LogP contribution in [0.4, 0.5) is 0 Å². The zero-order valence-electron chi connectivity index (χ0n) is 11.7. The van der Waals surface area contributed by atoms with Crippen LogP contribution in [0.1, 0.15) is 33.1 Å². The van der Waals surface area contributed by atoms with Gasteiger partial charge in [0.05, 0.1) is 5.69 Å². The van der Waals surface area contributed by atoms with Gasteiger partial charge in [-0.3, -0.25) is 0 Å². The number of hydrogen-bond donors (Lipinski definition) is 1. The van der Waals surface area contributed by atoms with Crippen molar-refractivity contribution in [3.05, 3.63) is 41.3 Å². The molecule has 1 N–H and O–H groups in total. The number of benzene rings is 1. The molecule has 0 aliphatic carbocycles. The summed E-state index contributed by atoms with van der Waals surface area (Å²) in [5.74, 6) is 0.785. The van der Waals surface area contributed by atoms with E-state index in [1.807, 2.05) is 12.3 Å². The molecule has 1 aromatic carbocycles. The van der Waals surface area contributed by atoms with Crippen molar-refractivity contribution in [2.75, 3.05) is 0 Å². The Morgan fingerprint density at radius 1 is 1.16 bits per heavy atom. The number of nitrogens with zero attached hydrogens (tertiary/aromatic N) is 1. The van der Waals surface area contributed by atoms with Gasteiger partial charge in [0.15, 0.2) is 4.77 Å². The summed E-state index contributed by atoms with van der Waals surface area (Å²) in [5.41, 5.74) is 2.41. The fraction of sp³-hybridized carbons (Fsp3) is 0.438. The largest absolute Gasteiger partial charge is 0.337 e.